The summed E-state index contributed by atoms with van der Waals surface area (Å²) in [5.41, 5.74) is 3.21. The van der Waals surface area contributed by atoms with Crippen molar-refractivity contribution in [3.8, 4) is 5.75 Å². The third kappa shape index (κ3) is 3.03. The van der Waals surface area contributed by atoms with Crippen LogP contribution in [0.25, 0.3) is 10.9 Å². The van der Waals surface area contributed by atoms with Crippen LogP contribution in [-0.2, 0) is 13.1 Å². The second-order valence-electron chi connectivity index (χ2n) is 5.80. The normalized spacial score (nSPS) is 15.0. The van der Waals surface area contributed by atoms with E-state index in [-0.39, 0.29) is 0 Å². The second-order valence-corrected chi connectivity index (χ2v) is 6.16. The lowest BCUT2D eigenvalue weighted by molar-refractivity contribution is 0.219. The third-order valence-electron chi connectivity index (χ3n) is 4.18. The van der Waals surface area contributed by atoms with Crippen molar-refractivity contribution in [3.05, 3.63) is 70.9 Å². The predicted octanol–water partition coefficient (Wildman–Crippen LogP) is 4.28. The van der Waals surface area contributed by atoms with Crippen LogP contribution in [0, 0.1) is 0 Å². The summed E-state index contributed by atoms with van der Waals surface area (Å²) < 4.78 is 5.83. The molecule has 1 aliphatic rings. The Hall–Kier alpha value is -2.10. The number of para-hydroxylation sites is 2. The van der Waals surface area contributed by atoms with Crippen LogP contribution in [-0.4, -0.2) is 23.0 Å². The largest absolute Gasteiger partial charge is 0.492 e. The van der Waals surface area contributed by atoms with Crippen molar-refractivity contribution in [2.75, 3.05) is 13.2 Å². The summed E-state index contributed by atoms with van der Waals surface area (Å²) in [6.07, 6.45) is 0. The summed E-state index contributed by atoms with van der Waals surface area (Å²) in [7, 11) is 0. The molecule has 2 aromatic carbocycles. The number of ether oxygens (including phenoxy) is 1. The van der Waals surface area contributed by atoms with Crippen LogP contribution in [0.1, 0.15) is 11.1 Å². The Morgan fingerprint density at radius 2 is 1.91 bits per heavy atom. The summed E-state index contributed by atoms with van der Waals surface area (Å²) >= 11 is 6.39. The molecule has 0 radical (unpaired) electrons. The van der Waals surface area contributed by atoms with Crippen LogP contribution in [0.2, 0.25) is 5.15 Å². The van der Waals surface area contributed by atoms with Crippen LogP contribution in [0.3, 0.4) is 0 Å². The molecule has 0 unspecified atom stereocenters. The lowest BCUT2D eigenvalue weighted by atomic mass is 10.1. The van der Waals surface area contributed by atoms with Crippen molar-refractivity contribution in [1.29, 1.82) is 0 Å². The number of fused-ring (bicyclic) bond motifs is 2. The number of nitrogens with zero attached hydrogens (tertiary/aromatic N) is 2. The van der Waals surface area contributed by atoms with Gasteiger partial charge in [-0.1, -0.05) is 48.0 Å². The molecule has 23 heavy (non-hydrogen) atoms. The van der Waals surface area contributed by atoms with E-state index in [0.717, 1.165) is 41.9 Å². The first-order valence-corrected chi connectivity index (χ1v) is 8.14. The Morgan fingerprint density at radius 3 is 2.87 bits per heavy atom. The van der Waals surface area contributed by atoms with E-state index in [9.17, 15) is 0 Å². The minimum atomic E-state index is 0.585. The molecular weight excluding hydrogens is 308 g/mol. The molecule has 0 amide bonds. The van der Waals surface area contributed by atoms with E-state index in [1.54, 1.807) is 0 Å². The van der Waals surface area contributed by atoms with Gasteiger partial charge in [-0.25, -0.2) is 4.98 Å². The van der Waals surface area contributed by atoms with Gasteiger partial charge in [0.25, 0.3) is 0 Å². The highest BCUT2D eigenvalue weighted by atomic mass is 35.5. The summed E-state index contributed by atoms with van der Waals surface area (Å²) in [5.74, 6) is 0.984. The number of halogens is 1. The summed E-state index contributed by atoms with van der Waals surface area (Å²) in [5, 5.41) is 1.71. The first-order chi connectivity index (χ1) is 11.3. The quantitative estimate of drug-likeness (QED) is 0.658. The second kappa shape index (κ2) is 6.19. The Labute approximate surface area is 140 Å². The fraction of sp³-hybridized carbons (Fsp3) is 0.211. The number of hydrogen-bond donors (Lipinski definition) is 0. The molecule has 0 spiro atoms. The maximum Gasteiger partial charge on any atom is 0.134 e. The molecule has 3 aromatic rings. The molecule has 0 bridgehead atoms. The molecule has 0 saturated heterocycles. The van der Waals surface area contributed by atoms with E-state index in [0.29, 0.717) is 11.8 Å². The minimum Gasteiger partial charge on any atom is -0.492 e. The highest BCUT2D eigenvalue weighted by Gasteiger charge is 2.16. The van der Waals surface area contributed by atoms with Crippen molar-refractivity contribution in [3.63, 3.8) is 0 Å². The topological polar surface area (TPSA) is 25.4 Å². The van der Waals surface area contributed by atoms with Gasteiger partial charge in [-0.3, -0.25) is 4.90 Å². The zero-order valence-corrected chi connectivity index (χ0v) is 13.5. The van der Waals surface area contributed by atoms with Crippen molar-refractivity contribution in [1.82, 2.24) is 9.88 Å². The maximum absolute atomic E-state index is 6.39. The number of pyridine rings is 1. The highest BCUT2D eigenvalue weighted by Crippen LogP contribution is 2.26. The Kier molecular flexibility index (Phi) is 3.90. The van der Waals surface area contributed by atoms with Crippen LogP contribution in [0.4, 0.5) is 0 Å². The third-order valence-corrected chi connectivity index (χ3v) is 4.50. The summed E-state index contributed by atoms with van der Waals surface area (Å²) in [6, 6.07) is 18.4. The van der Waals surface area contributed by atoms with Gasteiger partial charge < -0.3 is 4.74 Å². The maximum atomic E-state index is 6.39. The van der Waals surface area contributed by atoms with Crippen molar-refractivity contribution < 1.29 is 4.74 Å². The van der Waals surface area contributed by atoms with Crippen LogP contribution in [0.5, 0.6) is 5.75 Å². The van der Waals surface area contributed by atoms with Crippen molar-refractivity contribution >= 4 is 22.5 Å². The van der Waals surface area contributed by atoms with Crippen molar-refractivity contribution in [2.24, 2.45) is 0 Å². The minimum absolute atomic E-state index is 0.585. The van der Waals surface area contributed by atoms with E-state index in [1.165, 1.54) is 5.56 Å². The van der Waals surface area contributed by atoms with Crippen LogP contribution < -0.4 is 4.74 Å². The van der Waals surface area contributed by atoms with Gasteiger partial charge in [-0.2, -0.15) is 0 Å². The fourth-order valence-corrected chi connectivity index (χ4v) is 3.21. The summed E-state index contributed by atoms with van der Waals surface area (Å²) in [4.78, 5) is 6.87. The van der Waals surface area contributed by atoms with E-state index in [1.807, 2.05) is 30.3 Å². The Bertz CT molecular complexity index is 850. The molecule has 116 valence electrons. The molecule has 1 aliphatic heterocycles. The molecule has 1 aromatic heterocycles. The molecule has 4 rings (SSSR count). The molecule has 0 atom stereocenters. The summed E-state index contributed by atoms with van der Waals surface area (Å²) in [6.45, 7) is 3.20. The van der Waals surface area contributed by atoms with Gasteiger partial charge in [-0.15, -0.1) is 0 Å². The molecule has 0 fully saturated rings. The Balaban J connectivity index is 1.62. The molecular formula is C19H17ClN2O. The van der Waals surface area contributed by atoms with E-state index in [2.05, 4.69) is 34.1 Å². The average Bonchev–Trinajstić information content (AvgIpc) is 2.77. The standard InChI is InChI=1S/C19H17ClN2O/c20-19-16(11-14-5-1-3-7-17(14)21-19)13-22-9-10-23-18-8-4-2-6-15(18)12-22/h1-8,11H,9-10,12-13H2. The van der Waals surface area contributed by atoms with E-state index >= 15 is 0 Å². The smallest absolute Gasteiger partial charge is 0.134 e. The lowest BCUT2D eigenvalue weighted by Crippen LogP contribution is -2.25. The van der Waals surface area contributed by atoms with E-state index in [4.69, 9.17) is 16.3 Å². The van der Waals surface area contributed by atoms with Gasteiger partial charge in [0, 0.05) is 36.1 Å². The van der Waals surface area contributed by atoms with Gasteiger partial charge in [-0.05, 0) is 18.2 Å². The molecule has 4 heteroatoms. The first-order valence-electron chi connectivity index (χ1n) is 7.77. The van der Waals surface area contributed by atoms with Crippen LogP contribution in [0.15, 0.2) is 54.6 Å². The molecule has 0 saturated carbocycles. The van der Waals surface area contributed by atoms with Gasteiger partial charge in [0.2, 0.25) is 0 Å². The fourth-order valence-electron chi connectivity index (χ4n) is 3.00. The highest BCUT2D eigenvalue weighted by molar-refractivity contribution is 6.30. The number of benzene rings is 2. The predicted molar refractivity (Wildman–Crippen MR) is 92.8 cm³/mol. The van der Waals surface area contributed by atoms with Gasteiger partial charge in [0.1, 0.15) is 17.5 Å². The van der Waals surface area contributed by atoms with Gasteiger partial charge >= 0.3 is 0 Å². The zero-order valence-electron chi connectivity index (χ0n) is 12.7. The van der Waals surface area contributed by atoms with Gasteiger partial charge in [0.05, 0.1) is 5.52 Å². The molecule has 0 N–H and O–H groups in total. The number of aromatic nitrogens is 1. The molecule has 2 heterocycles. The van der Waals surface area contributed by atoms with Crippen molar-refractivity contribution in [2.45, 2.75) is 13.1 Å². The number of rotatable bonds is 2. The van der Waals surface area contributed by atoms with E-state index < -0.39 is 0 Å². The zero-order chi connectivity index (χ0) is 15.6. The van der Waals surface area contributed by atoms with Gasteiger partial charge in [0.15, 0.2) is 0 Å². The molecule has 0 aliphatic carbocycles. The average molecular weight is 325 g/mol. The lowest BCUT2D eigenvalue weighted by Gasteiger charge is -2.20. The Morgan fingerprint density at radius 1 is 1.09 bits per heavy atom. The number of hydrogen-bond acceptors (Lipinski definition) is 3. The SMILES string of the molecule is Clc1nc2ccccc2cc1CN1CCOc2ccccc2C1. The first kappa shape index (κ1) is 14.5. The van der Waals surface area contributed by atoms with Crippen LogP contribution >= 0.6 is 11.6 Å². The monoisotopic (exact) mass is 324 g/mol. The molecule has 3 nitrogen and oxygen atoms in total.